The monoisotopic (exact) mass is 647 g/mol. The molecule has 0 saturated carbocycles. The summed E-state index contributed by atoms with van der Waals surface area (Å²) in [5, 5.41) is 9.15. The number of sulfone groups is 1. The number of rotatable bonds is 5. The van der Waals surface area contributed by atoms with Crippen LogP contribution in [0.4, 0.5) is 35.1 Å². The lowest BCUT2D eigenvalue weighted by molar-refractivity contribution is -0.348. The first-order chi connectivity index (χ1) is 20.4. The fourth-order valence-corrected chi connectivity index (χ4v) is 8.64. The number of hydrogen-bond acceptors (Lipinski definition) is 4. The van der Waals surface area contributed by atoms with Crippen LogP contribution in [0.25, 0.3) is 0 Å². The number of alkyl halides is 7. The van der Waals surface area contributed by atoms with Gasteiger partial charge in [-0.2, -0.15) is 26.3 Å². The molecule has 3 aromatic rings. The Morgan fingerprint density at radius 2 is 1.48 bits per heavy atom. The molecule has 0 bridgehead atoms. The zero-order valence-corrected chi connectivity index (χ0v) is 23.0. The Morgan fingerprint density at radius 1 is 0.864 bits per heavy atom. The molecule has 2 unspecified atom stereocenters. The van der Waals surface area contributed by atoms with E-state index in [0.717, 1.165) is 30.3 Å². The van der Waals surface area contributed by atoms with Crippen LogP contribution in [0, 0.1) is 5.82 Å². The van der Waals surface area contributed by atoms with E-state index in [0.29, 0.717) is 18.2 Å². The van der Waals surface area contributed by atoms with Crippen molar-refractivity contribution in [3.63, 3.8) is 0 Å². The fraction of sp³-hybridized carbons (Fsp3) is 0.310. The first-order valence-electron chi connectivity index (χ1n) is 13.0. The summed E-state index contributed by atoms with van der Waals surface area (Å²) < 4.78 is 137. The number of likely N-dealkylation sites (tertiary alicyclic amines) is 1. The number of carboxylic acid groups (broad SMARTS) is 1. The number of nitrogens with zero attached hydrogens (tertiary/aromatic N) is 1. The number of carbonyl (C=O) groups is 2. The first-order valence-corrected chi connectivity index (χ1v) is 14.5. The van der Waals surface area contributed by atoms with Crippen LogP contribution in [0.2, 0.25) is 0 Å². The third-order valence-electron chi connectivity index (χ3n) is 8.29. The molecule has 1 saturated heterocycles. The van der Waals surface area contributed by atoms with Gasteiger partial charge in [0.1, 0.15) is 10.6 Å². The third kappa shape index (κ3) is 4.54. The van der Waals surface area contributed by atoms with E-state index in [2.05, 4.69) is 0 Å². The van der Waals surface area contributed by atoms with Gasteiger partial charge in [0.25, 0.3) is 5.91 Å². The van der Waals surface area contributed by atoms with Crippen LogP contribution in [-0.2, 0) is 26.7 Å². The van der Waals surface area contributed by atoms with Crippen LogP contribution in [0.1, 0.15) is 50.2 Å². The van der Waals surface area contributed by atoms with E-state index in [1.54, 1.807) is 0 Å². The molecule has 0 radical (unpaired) electrons. The zero-order chi connectivity index (χ0) is 32.5. The highest BCUT2D eigenvalue weighted by Gasteiger charge is 2.73. The van der Waals surface area contributed by atoms with E-state index in [4.69, 9.17) is 5.11 Å². The van der Waals surface area contributed by atoms with Gasteiger partial charge in [-0.05, 0) is 72.9 Å². The summed E-state index contributed by atoms with van der Waals surface area (Å²) in [7, 11) is -4.72. The van der Waals surface area contributed by atoms with Gasteiger partial charge < -0.3 is 10.0 Å². The van der Waals surface area contributed by atoms with Crippen LogP contribution in [0.3, 0.4) is 0 Å². The first kappa shape index (κ1) is 31.4. The topological polar surface area (TPSA) is 91.8 Å². The summed E-state index contributed by atoms with van der Waals surface area (Å²) in [4.78, 5) is 25.4. The van der Waals surface area contributed by atoms with Crippen LogP contribution in [0.15, 0.2) is 71.6 Å². The molecule has 0 aromatic heterocycles. The van der Waals surface area contributed by atoms with Crippen molar-refractivity contribution in [1.29, 1.82) is 0 Å². The molecule has 1 heterocycles. The van der Waals surface area contributed by atoms with E-state index < -0.39 is 66.8 Å². The van der Waals surface area contributed by atoms with Gasteiger partial charge >= 0.3 is 24.0 Å². The smallest absolute Gasteiger partial charge is 0.435 e. The number of amides is 1. The minimum Gasteiger partial charge on any atom is -0.478 e. The summed E-state index contributed by atoms with van der Waals surface area (Å²) in [6, 6.07) is 8.66. The van der Waals surface area contributed by atoms with E-state index >= 15 is 0 Å². The summed E-state index contributed by atoms with van der Waals surface area (Å²) in [6.07, 6.45) is -13.7. The predicted molar refractivity (Wildman–Crippen MR) is 138 cm³/mol. The molecule has 1 amide bonds. The SMILES string of the molecule is O=C(O)c1ccc(C(=O)N2CCC3(S(=O)(=O)c4cccc(F)c4)c4ccc(C(F)(C(F)(F)F)C(F)(F)F)cc4CCC23)cc1. The van der Waals surface area contributed by atoms with Crippen molar-refractivity contribution in [3.05, 3.63) is 100 Å². The van der Waals surface area contributed by atoms with Gasteiger partial charge in [-0.3, -0.25) is 4.79 Å². The fourth-order valence-electron chi connectivity index (χ4n) is 6.24. The average molecular weight is 648 g/mol. The van der Waals surface area contributed by atoms with Gasteiger partial charge in [0, 0.05) is 17.7 Å². The highest BCUT2D eigenvalue weighted by molar-refractivity contribution is 7.92. The Bertz CT molecular complexity index is 1740. The van der Waals surface area contributed by atoms with Gasteiger partial charge in [-0.25, -0.2) is 22.0 Å². The van der Waals surface area contributed by atoms with E-state index in [1.165, 1.54) is 17.0 Å². The molecule has 1 fully saturated rings. The average Bonchev–Trinajstić information content (AvgIpc) is 3.36. The molecule has 1 N–H and O–H groups in total. The molecular formula is C29H21F8NO5S. The lowest BCUT2D eigenvalue weighted by Gasteiger charge is -2.43. The highest BCUT2D eigenvalue weighted by atomic mass is 32.2. The molecule has 234 valence electrons. The minimum absolute atomic E-state index is 0.00679. The van der Waals surface area contributed by atoms with Crippen molar-refractivity contribution in [2.75, 3.05) is 6.54 Å². The van der Waals surface area contributed by atoms with Gasteiger partial charge in [0.15, 0.2) is 9.84 Å². The maximum atomic E-state index is 14.9. The number of aryl methyl sites for hydroxylation is 1. The molecule has 0 spiro atoms. The molecule has 6 nitrogen and oxygen atoms in total. The van der Waals surface area contributed by atoms with Crippen molar-refractivity contribution in [2.45, 2.75) is 53.0 Å². The van der Waals surface area contributed by atoms with Gasteiger partial charge in [-0.15, -0.1) is 0 Å². The standard InChI is InChI=1S/C29H21F8NO5S/c30-20-2-1-3-21(15-20)44(42,43)26-12-13-38(24(39)16-4-6-17(7-5-16)25(40)41)23(26)11-8-18-14-19(9-10-22(18)26)27(31,28(32,33)34)29(35,36)37/h1-7,9-10,14-15,23H,8,11-13H2,(H,40,41). The number of benzene rings is 3. The Labute approximate surface area is 244 Å². The third-order valence-corrected chi connectivity index (χ3v) is 10.8. The maximum Gasteiger partial charge on any atom is 0.435 e. The Balaban J connectivity index is 1.69. The second kappa shape index (κ2) is 10.3. The molecule has 3 aromatic carbocycles. The van der Waals surface area contributed by atoms with Crippen molar-refractivity contribution in [3.8, 4) is 0 Å². The number of fused-ring (bicyclic) bond motifs is 3. The van der Waals surface area contributed by atoms with E-state index in [-0.39, 0.29) is 54.1 Å². The van der Waals surface area contributed by atoms with Gasteiger partial charge in [0.05, 0.1) is 16.5 Å². The summed E-state index contributed by atoms with van der Waals surface area (Å²) in [5.74, 6) is -2.91. The lowest BCUT2D eigenvalue weighted by Crippen LogP contribution is -2.53. The van der Waals surface area contributed by atoms with Crippen LogP contribution in [0.5, 0.6) is 0 Å². The zero-order valence-electron chi connectivity index (χ0n) is 22.2. The van der Waals surface area contributed by atoms with Gasteiger partial charge in [-0.1, -0.05) is 24.3 Å². The van der Waals surface area contributed by atoms with E-state index in [9.17, 15) is 53.1 Å². The predicted octanol–water partition coefficient (Wildman–Crippen LogP) is 6.34. The number of hydrogen-bond donors (Lipinski definition) is 1. The van der Waals surface area contributed by atoms with Crippen molar-refractivity contribution in [1.82, 2.24) is 4.90 Å². The second-order valence-corrected chi connectivity index (χ2v) is 12.8. The Kier molecular flexibility index (Phi) is 7.34. The van der Waals surface area contributed by atoms with Gasteiger partial charge in [0.2, 0.25) is 0 Å². The molecule has 2 atom stereocenters. The minimum atomic E-state index is -6.39. The number of halogens is 8. The second-order valence-electron chi connectivity index (χ2n) is 10.6. The molecule has 1 aliphatic heterocycles. The molecule has 15 heteroatoms. The molecule has 1 aliphatic carbocycles. The van der Waals surface area contributed by atoms with Crippen LogP contribution in [-0.4, -0.2) is 55.2 Å². The summed E-state index contributed by atoms with van der Waals surface area (Å²) in [5.41, 5.74) is -8.19. The quantitative estimate of drug-likeness (QED) is 0.327. The Hall–Kier alpha value is -4.01. The maximum absolute atomic E-state index is 14.9. The van der Waals surface area contributed by atoms with Crippen LogP contribution < -0.4 is 0 Å². The molecule has 44 heavy (non-hydrogen) atoms. The van der Waals surface area contributed by atoms with E-state index in [1.807, 2.05) is 0 Å². The largest absolute Gasteiger partial charge is 0.478 e. The van der Waals surface area contributed by atoms with Crippen molar-refractivity contribution >= 4 is 21.7 Å². The number of carbonyl (C=O) groups excluding carboxylic acids is 1. The Morgan fingerprint density at radius 3 is 2.05 bits per heavy atom. The summed E-state index contributed by atoms with van der Waals surface area (Å²) >= 11 is 0. The highest BCUT2D eigenvalue weighted by Crippen LogP contribution is 2.56. The lowest BCUT2D eigenvalue weighted by atomic mass is 9.76. The normalized spacial score (nSPS) is 20.6. The summed E-state index contributed by atoms with van der Waals surface area (Å²) in [6.45, 7) is -0.238. The molecule has 2 aliphatic rings. The molecule has 5 rings (SSSR count). The molecular weight excluding hydrogens is 626 g/mol. The number of aromatic carboxylic acids is 1. The van der Waals surface area contributed by atoms with Crippen LogP contribution >= 0.6 is 0 Å². The van der Waals surface area contributed by atoms with Crippen molar-refractivity contribution in [2.24, 2.45) is 0 Å². The number of carboxylic acids is 1. The van der Waals surface area contributed by atoms with Crippen molar-refractivity contribution < 1.29 is 58.2 Å².